The first kappa shape index (κ1) is 14.2. The Kier molecular flexibility index (Phi) is 3.48. The molecule has 1 unspecified atom stereocenters. The average Bonchev–Trinajstić information content (AvgIpc) is 3.15. The summed E-state index contributed by atoms with van der Waals surface area (Å²) in [6.45, 7) is 2.45. The summed E-state index contributed by atoms with van der Waals surface area (Å²) in [7, 11) is 0. The number of hydrogen-bond acceptors (Lipinski definition) is 5. The normalized spacial score (nSPS) is 12.9. The predicted octanol–water partition coefficient (Wildman–Crippen LogP) is 3.51. The van der Waals surface area contributed by atoms with Gasteiger partial charge < -0.3 is 4.42 Å². The zero-order chi connectivity index (χ0) is 15.8. The highest BCUT2D eigenvalue weighted by atomic mass is 32.1. The highest BCUT2D eigenvalue weighted by molar-refractivity contribution is 7.13. The Morgan fingerprint density at radius 1 is 1.30 bits per heavy atom. The Morgan fingerprint density at radius 3 is 3.00 bits per heavy atom. The second-order valence-corrected chi connectivity index (χ2v) is 6.41. The summed E-state index contributed by atoms with van der Waals surface area (Å²) in [5.41, 5.74) is 0.863. The van der Waals surface area contributed by atoms with Gasteiger partial charge in [0, 0.05) is 11.6 Å². The number of nitrogens with zero attached hydrogens (tertiary/aromatic N) is 2. The van der Waals surface area contributed by atoms with Crippen LogP contribution < -0.4 is 10.9 Å². The number of fused-ring (bicyclic) bond motifs is 2. The van der Waals surface area contributed by atoms with Gasteiger partial charge in [0.25, 0.3) is 5.56 Å². The summed E-state index contributed by atoms with van der Waals surface area (Å²) in [6, 6.07) is 13.5. The van der Waals surface area contributed by atoms with E-state index in [0.29, 0.717) is 12.1 Å². The maximum Gasteiger partial charge on any atom is 0.271 e. The Balaban J connectivity index is 1.55. The molecule has 3 aromatic heterocycles. The predicted molar refractivity (Wildman–Crippen MR) is 91.6 cm³/mol. The van der Waals surface area contributed by atoms with Crippen LogP contribution in [0.4, 0.5) is 0 Å². The van der Waals surface area contributed by atoms with Crippen molar-refractivity contribution < 1.29 is 4.42 Å². The van der Waals surface area contributed by atoms with E-state index < -0.39 is 0 Å². The van der Waals surface area contributed by atoms with Crippen LogP contribution in [0.15, 0.2) is 57.9 Å². The second kappa shape index (κ2) is 5.64. The largest absolute Gasteiger partial charge is 0.459 e. The van der Waals surface area contributed by atoms with Crippen molar-refractivity contribution in [3.8, 4) is 0 Å². The van der Waals surface area contributed by atoms with Crippen molar-refractivity contribution >= 4 is 32.7 Å². The third-order valence-electron chi connectivity index (χ3n) is 3.84. The number of hydrogen-bond donors (Lipinski definition) is 1. The molecule has 0 aliphatic rings. The van der Waals surface area contributed by atoms with Gasteiger partial charge in [-0.25, -0.2) is 8.94 Å². The molecule has 4 rings (SSSR count). The molecular weight excluding hydrogens is 310 g/mol. The maximum atomic E-state index is 12.3. The third kappa shape index (κ3) is 2.56. The van der Waals surface area contributed by atoms with Crippen molar-refractivity contribution in [2.24, 2.45) is 0 Å². The van der Waals surface area contributed by atoms with Gasteiger partial charge in [-0.2, -0.15) is 0 Å². The first-order valence-corrected chi connectivity index (χ1v) is 8.16. The molecule has 5 nitrogen and oxygen atoms in total. The maximum absolute atomic E-state index is 12.3. The molecule has 116 valence electrons. The highest BCUT2D eigenvalue weighted by Gasteiger charge is 2.13. The lowest BCUT2D eigenvalue weighted by molar-refractivity contribution is 0.423. The van der Waals surface area contributed by atoms with Gasteiger partial charge in [-0.1, -0.05) is 18.2 Å². The molecule has 0 aliphatic heterocycles. The molecule has 1 N–H and O–H groups in total. The monoisotopic (exact) mass is 325 g/mol. The van der Waals surface area contributed by atoms with Crippen LogP contribution in [0.25, 0.3) is 21.2 Å². The standard InChI is InChI=1S/C17H15N3O2S/c1-11(15-9-12-5-2-3-7-14(12)22-15)19-10-20-17(21)13-6-4-8-18-16(13)23-20/h2-9,11,19H,10H2,1H3. The molecule has 0 bridgehead atoms. The van der Waals surface area contributed by atoms with E-state index in [1.807, 2.05) is 37.3 Å². The van der Waals surface area contributed by atoms with Gasteiger partial charge in [0.05, 0.1) is 18.1 Å². The van der Waals surface area contributed by atoms with Gasteiger partial charge in [-0.3, -0.25) is 10.1 Å². The highest BCUT2D eigenvalue weighted by Crippen LogP contribution is 2.23. The molecule has 0 spiro atoms. The SMILES string of the molecule is CC(NCn1sc2ncccc2c1=O)c1cc2ccccc2o1. The van der Waals surface area contributed by atoms with Gasteiger partial charge in [-0.15, -0.1) is 0 Å². The van der Waals surface area contributed by atoms with Gasteiger partial charge in [0.2, 0.25) is 0 Å². The molecule has 6 heteroatoms. The Hall–Kier alpha value is -2.44. The smallest absolute Gasteiger partial charge is 0.271 e. The summed E-state index contributed by atoms with van der Waals surface area (Å²) in [4.78, 5) is 17.3. The van der Waals surface area contributed by atoms with Crippen molar-refractivity contribution in [3.63, 3.8) is 0 Å². The van der Waals surface area contributed by atoms with E-state index in [0.717, 1.165) is 21.6 Å². The lowest BCUT2D eigenvalue weighted by Gasteiger charge is -2.10. The van der Waals surface area contributed by atoms with Gasteiger partial charge >= 0.3 is 0 Å². The van der Waals surface area contributed by atoms with Crippen molar-refractivity contribution in [1.29, 1.82) is 0 Å². The fourth-order valence-electron chi connectivity index (χ4n) is 2.55. The minimum absolute atomic E-state index is 0.00692. The fourth-order valence-corrected chi connectivity index (χ4v) is 3.44. The molecule has 3 heterocycles. The number of para-hydroxylation sites is 1. The first-order valence-electron chi connectivity index (χ1n) is 7.39. The average molecular weight is 325 g/mol. The second-order valence-electron chi connectivity index (χ2n) is 5.40. The molecule has 0 saturated carbocycles. The van der Waals surface area contributed by atoms with E-state index in [4.69, 9.17) is 4.42 Å². The number of nitrogens with one attached hydrogen (secondary N) is 1. The van der Waals surface area contributed by atoms with Crippen LogP contribution in [-0.4, -0.2) is 8.94 Å². The minimum Gasteiger partial charge on any atom is -0.459 e. The van der Waals surface area contributed by atoms with Gasteiger partial charge in [0.15, 0.2) is 0 Å². The van der Waals surface area contributed by atoms with Gasteiger partial charge in [0.1, 0.15) is 16.2 Å². The van der Waals surface area contributed by atoms with Crippen molar-refractivity contribution in [2.75, 3.05) is 0 Å². The molecule has 4 aromatic rings. The molecule has 0 amide bonds. The van der Waals surface area contributed by atoms with Crippen molar-refractivity contribution in [1.82, 2.24) is 14.3 Å². The minimum atomic E-state index is -0.0117. The number of rotatable bonds is 4. The summed E-state index contributed by atoms with van der Waals surface area (Å²) >= 11 is 1.37. The topological polar surface area (TPSA) is 60.1 Å². The first-order chi connectivity index (χ1) is 11.2. The summed E-state index contributed by atoms with van der Waals surface area (Å²) < 4.78 is 7.53. The summed E-state index contributed by atoms with van der Waals surface area (Å²) in [5, 5.41) is 5.08. The van der Waals surface area contributed by atoms with Crippen LogP contribution in [0, 0.1) is 0 Å². The Bertz CT molecular complexity index is 998. The van der Waals surface area contributed by atoms with Gasteiger partial charge in [-0.05, 0) is 42.7 Å². The van der Waals surface area contributed by atoms with E-state index in [1.165, 1.54) is 11.5 Å². The van der Waals surface area contributed by atoms with Crippen LogP contribution in [0.5, 0.6) is 0 Å². The zero-order valence-corrected chi connectivity index (χ0v) is 13.3. The molecule has 0 saturated heterocycles. The Morgan fingerprint density at radius 2 is 2.17 bits per heavy atom. The summed E-state index contributed by atoms with van der Waals surface area (Å²) in [6.07, 6.45) is 1.70. The van der Waals surface area contributed by atoms with E-state index >= 15 is 0 Å². The number of aromatic nitrogens is 2. The van der Waals surface area contributed by atoms with Crippen LogP contribution in [0.3, 0.4) is 0 Å². The lowest BCUT2D eigenvalue weighted by Crippen LogP contribution is -2.26. The van der Waals surface area contributed by atoms with E-state index in [9.17, 15) is 4.79 Å². The van der Waals surface area contributed by atoms with E-state index in [1.54, 1.807) is 22.3 Å². The molecule has 1 aromatic carbocycles. The van der Waals surface area contributed by atoms with Crippen LogP contribution >= 0.6 is 11.5 Å². The molecule has 1 atom stereocenters. The molecule has 0 radical (unpaired) electrons. The van der Waals surface area contributed by atoms with E-state index in [2.05, 4.69) is 10.3 Å². The number of benzene rings is 1. The lowest BCUT2D eigenvalue weighted by atomic mass is 10.2. The molecule has 23 heavy (non-hydrogen) atoms. The molecule has 0 aliphatic carbocycles. The number of furan rings is 1. The van der Waals surface area contributed by atoms with Crippen molar-refractivity contribution in [2.45, 2.75) is 19.6 Å². The fraction of sp³-hybridized carbons (Fsp3) is 0.176. The zero-order valence-electron chi connectivity index (χ0n) is 12.5. The summed E-state index contributed by atoms with van der Waals surface area (Å²) in [5.74, 6) is 0.860. The van der Waals surface area contributed by atoms with Crippen LogP contribution in [-0.2, 0) is 6.67 Å². The van der Waals surface area contributed by atoms with Crippen molar-refractivity contribution in [3.05, 3.63) is 64.8 Å². The quantitative estimate of drug-likeness (QED) is 0.624. The molecular formula is C17H15N3O2S. The third-order valence-corrected chi connectivity index (χ3v) is 4.85. The molecule has 0 fully saturated rings. The Labute approximate surface area is 136 Å². The number of pyridine rings is 1. The van der Waals surface area contributed by atoms with E-state index in [-0.39, 0.29) is 11.6 Å². The van der Waals surface area contributed by atoms with Crippen LogP contribution in [0.1, 0.15) is 18.7 Å². The van der Waals surface area contributed by atoms with Crippen LogP contribution in [0.2, 0.25) is 0 Å².